The lowest BCUT2D eigenvalue weighted by Crippen LogP contribution is -2.01. The minimum atomic E-state index is 0.483. The Morgan fingerprint density at radius 2 is 2.18 bits per heavy atom. The minimum Gasteiger partial charge on any atom is -0.381 e. The fourth-order valence-corrected chi connectivity index (χ4v) is 1.88. The predicted octanol–water partition coefficient (Wildman–Crippen LogP) is 3.07. The van der Waals surface area contributed by atoms with Crippen molar-refractivity contribution in [3.05, 3.63) is 42.0 Å². The van der Waals surface area contributed by atoms with Gasteiger partial charge in [0.25, 0.3) is 0 Å². The van der Waals surface area contributed by atoms with E-state index in [2.05, 4.69) is 24.8 Å². The van der Waals surface area contributed by atoms with Gasteiger partial charge in [0.05, 0.1) is 12.7 Å². The molecule has 1 atom stereocenters. The van der Waals surface area contributed by atoms with Gasteiger partial charge in [-0.1, -0.05) is 36.9 Å². The molecule has 17 heavy (non-hydrogen) atoms. The molecule has 1 aromatic rings. The van der Waals surface area contributed by atoms with E-state index in [4.69, 9.17) is 9.47 Å². The van der Waals surface area contributed by atoms with Crippen LogP contribution in [0.4, 0.5) is 0 Å². The third-order valence-electron chi connectivity index (χ3n) is 3.00. The first-order chi connectivity index (χ1) is 8.40. The van der Waals surface area contributed by atoms with Crippen molar-refractivity contribution in [3.63, 3.8) is 0 Å². The molecule has 1 aliphatic heterocycles. The normalized spacial score (nSPS) is 18.0. The van der Waals surface area contributed by atoms with E-state index in [1.54, 1.807) is 0 Å². The molecule has 1 unspecified atom stereocenters. The molecular formula is C15H20O2. The average molecular weight is 232 g/mol. The molecule has 1 saturated heterocycles. The monoisotopic (exact) mass is 232 g/mol. The smallest absolute Gasteiger partial charge is 0.0831 e. The molecule has 2 rings (SSSR count). The molecule has 1 heterocycles. The van der Waals surface area contributed by atoms with Crippen LogP contribution in [0.2, 0.25) is 0 Å². The van der Waals surface area contributed by atoms with Crippen LogP contribution >= 0.6 is 0 Å². The largest absolute Gasteiger partial charge is 0.381 e. The maximum Gasteiger partial charge on any atom is 0.0831 e. The zero-order chi connectivity index (χ0) is 11.9. The van der Waals surface area contributed by atoms with E-state index >= 15 is 0 Å². The molecule has 0 radical (unpaired) electrons. The lowest BCUT2D eigenvalue weighted by Gasteiger charge is -2.06. The predicted molar refractivity (Wildman–Crippen MR) is 70.0 cm³/mol. The number of benzene rings is 1. The van der Waals surface area contributed by atoms with E-state index < -0.39 is 0 Å². The fraction of sp³-hybridized carbons (Fsp3) is 0.467. The van der Waals surface area contributed by atoms with E-state index in [1.807, 2.05) is 12.1 Å². The highest BCUT2D eigenvalue weighted by atomic mass is 16.6. The summed E-state index contributed by atoms with van der Waals surface area (Å²) in [5.41, 5.74) is 2.59. The van der Waals surface area contributed by atoms with Crippen LogP contribution in [-0.4, -0.2) is 25.9 Å². The Balaban J connectivity index is 1.61. The van der Waals surface area contributed by atoms with Crippen molar-refractivity contribution in [1.82, 2.24) is 0 Å². The van der Waals surface area contributed by atoms with Crippen LogP contribution in [0, 0.1) is 0 Å². The van der Waals surface area contributed by atoms with Crippen molar-refractivity contribution in [2.45, 2.75) is 25.4 Å². The highest BCUT2D eigenvalue weighted by Gasteiger charge is 2.21. The number of rotatable bonds is 8. The molecule has 0 aliphatic carbocycles. The van der Waals surface area contributed by atoms with Gasteiger partial charge in [-0.05, 0) is 30.4 Å². The van der Waals surface area contributed by atoms with Crippen LogP contribution in [0.5, 0.6) is 0 Å². The SMILES string of the molecule is C=Cc1ccccc1CCCOCCC1CO1. The number of epoxide rings is 1. The Morgan fingerprint density at radius 3 is 2.94 bits per heavy atom. The van der Waals surface area contributed by atoms with Crippen LogP contribution in [0.15, 0.2) is 30.8 Å². The summed E-state index contributed by atoms with van der Waals surface area (Å²) < 4.78 is 10.7. The second-order valence-electron chi connectivity index (χ2n) is 4.36. The summed E-state index contributed by atoms with van der Waals surface area (Å²) in [5.74, 6) is 0. The van der Waals surface area contributed by atoms with Gasteiger partial charge < -0.3 is 9.47 Å². The molecule has 0 spiro atoms. The molecule has 0 amide bonds. The standard InChI is InChI=1S/C15H20O2/c1-2-13-6-3-4-7-14(13)8-5-10-16-11-9-15-12-17-15/h2-4,6-7,15H,1,5,8-12H2. The lowest BCUT2D eigenvalue weighted by atomic mass is 10.0. The van der Waals surface area contributed by atoms with E-state index in [1.165, 1.54) is 11.1 Å². The first-order valence-electron chi connectivity index (χ1n) is 6.30. The molecule has 92 valence electrons. The van der Waals surface area contributed by atoms with Gasteiger partial charge in [0.15, 0.2) is 0 Å². The average Bonchev–Trinajstić information content (AvgIpc) is 3.18. The topological polar surface area (TPSA) is 21.8 Å². The highest BCUT2D eigenvalue weighted by Crippen LogP contribution is 2.14. The first kappa shape index (κ1) is 12.3. The number of aryl methyl sites for hydroxylation is 1. The summed E-state index contributed by atoms with van der Waals surface area (Å²) in [4.78, 5) is 0. The molecule has 0 saturated carbocycles. The van der Waals surface area contributed by atoms with Gasteiger partial charge in [-0.25, -0.2) is 0 Å². The highest BCUT2D eigenvalue weighted by molar-refractivity contribution is 5.51. The summed E-state index contributed by atoms with van der Waals surface area (Å²) in [6.07, 6.45) is 5.57. The Labute approximate surface area is 103 Å². The van der Waals surface area contributed by atoms with Gasteiger partial charge in [0, 0.05) is 13.2 Å². The van der Waals surface area contributed by atoms with Crippen molar-refractivity contribution in [1.29, 1.82) is 0 Å². The molecule has 0 N–H and O–H groups in total. The van der Waals surface area contributed by atoms with Crippen LogP contribution in [0.3, 0.4) is 0 Å². The summed E-state index contributed by atoms with van der Waals surface area (Å²) in [6.45, 7) is 6.42. The van der Waals surface area contributed by atoms with Gasteiger partial charge in [0.1, 0.15) is 0 Å². The van der Waals surface area contributed by atoms with Crippen LogP contribution in [-0.2, 0) is 15.9 Å². The van der Waals surface area contributed by atoms with Crippen LogP contribution in [0.25, 0.3) is 6.08 Å². The van der Waals surface area contributed by atoms with Crippen molar-refractivity contribution >= 4 is 6.08 Å². The van der Waals surface area contributed by atoms with Gasteiger partial charge >= 0.3 is 0 Å². The Hall–Kier alpha value is -1.12. The zero-order valence-corrected chi connectivity index (χ0v) is 10.2. The summed E-state index contributed by atoms with van der Waals surface area (Å²) in [7, 11) is 0. The molecule has 1 fully saturated rings. The molecule has 0 aromatic heterocycles. The first-order valence-corrected chi connectivity index (χ1v) is 6.30. The zero-order valence-electron chi connectivity index (χ0n) is 10.2. The molecular weight excluding hydrogens is 212 g/mol. The third-order valence-corrected chi connectivity index (χ3v) is 3.00. The maximum absolute atomic E-state index is 5.57. The Morgan fingerprint density at radius 1 is 1.35 bits per heavy atom. The second-order valence-corrected chi connectivity index (χ2v) is 4.36. The van der Waals surface area contributed by atoms with Gasteiger partial charge in [-0.2, -0.15) is 0 Å². The molecule has 0 bridgehead atoms. The van der Waals surface area contributed by atoms with Gasteiger partial charge in [0.2, 0.25) is 0 Å². The number of hydrogen-bond acceptors (Lipinski definition) is 2. The van der Waals surface area contributed by atoms with Gasteiger partial charge in [-0.15, -0.1) is 0 Å². The third kappa shape index (κ3) is 4.33. The van der Waals surface area contributed by atoms with Crippen molar-refractivity contribution in [2.24, 2.45) is 0 Å². The van der Waals surface area contributed by atoms with E-state index in [0.717, 1.165) is 39.1 Å². The molecule has 1 aliphatic rings. The van der Waals surface area contributed by atoms with E-state index in [9.17, 15) is 0 Å². The van der Waals surface area contributed by atoms with Gasteiger partial charge in [-0.3, -0.25) is 0 Å². The molecule has 2 nitrogen and oxygen atoms in total. The number of ether oxygens (including phenoxy) is 2. The van der Waals surface area contributed by atoms with Crippen molar-refractivity contribution in [3.8, 4) is 0 Å². The number of hydrogen-bond donors (Lipinski definition) is 0. The van der Waals surface area contributed by atoms with E-state index in [0.29, 0.717) is 6.10 Å². The lowest BCUT2D eigenvalue weighted by molar-refractivity contribution is 0.123. The van der Waals surface area contributed by atoms with Crippen molar-refractivity contribution < 1.29 is 9.47 Å². The Bertz CT molecular complexity index is 356. The van der Waals surface area contributed by atoms with Crippen LogP contribution < -0.4 is 0 Å². The second kappa shape index (κ2) is 6.58. The van der Waals surface area contributed by atoms with E-state index in [-0.39, 0.29) is 0 Å². The fourth-order valence-electron chi connectivity index (χ4n) is 1.88. The summed E-state index contributed by atoms with van der Waals surface area (Å²) in [5, 5.41) is 0. The Kier molecular flexibility index (Phi) is 4.77. The molecule has 2 heteroatoms. The summed E-state index contributed by atoms with van der Waals surface area (Å²) in [6, 6.07) is 8.39. The summed E-state index contributed by atoms with van der Waals surface area (Å²) >= 11 is 0. The van der Waals surface area contributed by atoms with Crippen LogP contribution in [0.1, 0.15) is 24.0 Å². The van der Waals surface area contributed by atoms with Crippen molar-refractivity contribution in [2.75, 3.05) is 19.8 Å². The minimum absolute atomic E-state index is 0.483. The molecule has 1 aromatic carbocycles. The maximum atomic E-state index is 5.57. The quantitative estimate of drug-likeness (QED) is 0.507.